The Hall–Kier alpha value is -2.89. The maximum Gasteiger partial charge on any atom is 0.156 e. The largest absolute Gasteiger partial charge is 0.454 e. The monoisotopic (exact) mass is 359 g/mol. The van der Waals surface area contributed by atoms with E-state index in [4.69, 9.17) is 14.4 Å². The molecule has 5 heteroatoms. The molecule has 4 aromatic rings. The lowest BCUT2D eigenvalue weighted by Gasteiger charge is -2.12. The zero-order valence-corrected chi connectivity index (χ0v) is 15.0. The number of para-hydroxylation sites is 1. The topological polar surface area (TPSA) is 43.4 Å². The molecule has 1 aliphatic rings. The highest BCUT2D eigenvalue weighted by atomic mass is 16.7. The van der Waals surface area contributed by atoms with Gasteiger partial charge >= 0.3 is 0 Å². The number of hydrogen-bond acceptors (Lipinski definition) is 4. The Morgan fingerprint density at radius 1 is 0.963 bits per heavy atom. The summed E-state index contributed by atoms with van der Waals surface area (Å²) >= 11 is 0. The van der Waals surface area contributed by atoms with Gasteiger partial charge in [-0.05, 0) is 24.1 Å². The average Bonchev–Trinajstić information content (AvgIpc) is 3.42. The molecule has 0 spiro atoms. The van der Waals surface area contributed by atoms with Crippen molar-refractivity contribution in [3.63, 3.8) is 0 Å². The quantitative estimate of drug-likeness (QED) is 0.527. The van der Waals surface area contributed by atoms with E-state index in [2.05, 4.69) is 42.6 Å². The van der Waals surface area contributed by atoms with E-state index < -0.39 is 0 Å². The van der Waals surface area contributed by atoms with Crippen LogP contribution in [-0.4, -0.2) is 28.0 Å². The van der Waals surface area contributed by atoms with Crippen molar-refractivity contribution in [3.05, 3.63) is 78.0 Å². The fraction of sp³-hybridized carbons (Fsp3) is 0.227. The van der Waals surface area contributed by atoms with Gasteiger partial charge in [0.05, 0.1) is 19.7 Å². The van der Waals surface area contributed by atoms with Gasteiger partial charge in [-0.25, -0.2) is 0 Å². The molecular formula is C22H21N3O2. The highest BCUT2D eigenvalue weighted by Crippen LogP contribution is 2.30. The van der Waals surface area contributed by atoms with E-state index >= 15 is 0 Å². The van der Waals surface area contributed by atoms with Crippen LogP contribution in [0.15, 0.2) is 71.3 Å². The lowest BCUT2D eigenvalue weighted by atomic mass is 10.2. The summed E-state index contributed by atoms with van der Waals surface area (Å²) in [5, 5.41) is 7.95. The SMILES string of the molecule is c1ccc(Cn2cc(CN3CCCO3)c(-c3cc4ccccc4o3)n2)cc1. The molecule has 2 aromatic heterocycles. The third-order valence-corrected chi connectivity index (χ3v) is 4.86. The fourth-order valence-electron chi connectivity index (χ4n) is 3.55. The van der Waals surface area contributed by atoms with Gasteiger partial charge in [0.25, 0.3) is 0 Å². The molecule has 0 radical (unpaired) electrons. The molecule has 0 atom stereocenters. The van der Waals surface area contributed by atoms with Crippen molar-refractivity contribution in [2.24, 2.45) is 0 Å². The molecule has 0 aliphatic carbocycles. The van der Waals surface area contributed by atoms with Crippen molar-refractivity contribution in [3.8, 4) is 11.5 Å². The molecule has 1 saturated heterocycles. The molecule has 0 N–H and O–H groups in total. The number of furan rings is 1. The van der Waals surface area contributed by atoms with Gasteiger partial charge in [0.15, 0.2) is 5.76 Å². The van der Waals surface area contributed by atoms with Gasteiger partial charge in [0.1, 0.15) is 11.3 Å². The van der Waals surface area contributed by atoms with Gasteiger partial charge in [-0.2, -0.15) is 10.2 Å². The summed E-state index contributed by atoms with van der Waals surface area (Å²) < 4.78 is 8.08. The first-order valence-electron chi connectivity index (χ1n) is 9.32. The van der Waals surface area contributed by atoms with Crippen LogP contribution >= 0.6 is 0 Å². The average molecular weight is 359 g/mol. The van der Waals surface area contributed by atoms with E-state index in [1.807, 2.05) is 34.0 Å². The van der Waals surface area contributed by atoms with E-state index in [-0.39, 0.29) is 0 Å². The number of aromatic nitrogens is 2. The third-order valence-electron chi connectivity index (χ3n) is 4.86. The molecule has 1 aliphatic heterocycles. The van der Waals surface area contributed by atoms with E-state index in [0.29, 0.717) is 6.54 Å². The van der Waals surface area contributed by atoms with Gasteiger partial charge < -0.3 is 4.42 Å². The van der Waals surface area contributed by atoms with E-state index in [0.717, 1.165) is 54.1 Å². The minimum absolute atomic E-state index is 0.709. The van der Waals surface area contributed by atoms with Crippen molar-refractivity contribution in [1.82, 2.24) is 14.8 Å². The highest BCUT2D eigenvalue weighted by molar-refractivity contribution is 5.82. The molecule has 0 amide bonds. The van der Waals surface area contributed by atoms with Crippen LogP contribution in [0, 0.1) is 0 Å². The number of benzene rings is 2. The van der Waals surface area contributed by atoms with Crippen molar-refractivity contribution >= 4 is 11.0 Å². The van der Waals surface area contributed by atoms with Gasteiger partial charge in [0.2, 0.25) is 0 Å². The second-order valence-electron chi connectivity index (χ2n) is 6.88. The number of fused-ring (bicyclic) bond motifs is 1. The fourth-order valence-corrected chi connectivity index (χ4v) is 3.55. The minimum atomic E-state index is 0.709. The normalized spacial score (nSPS) is 15.0. The highest BCUT2D eigenvalue weighted by Gasteiger charge is 2.20. The Balaban J connectivity index is 1.52. The molecule has 5 nitrogen and oxygen atoms in total. The Bertz CT molecular complexity index is 1010. The number of rotatable bonds is 5. The van der Waals surface area contributed by atoms with Gasteiger partial charge in [-0.15, -0.1) is 0 Å². The van der Waals surface area contributed by atoms with Crippen LogP contribution in [0.3, 0.4) is 0 Å². The predicted octanol–water partition coefficient (Wildman–Crippen LogP) is 4.48. The zero-order chi connectivity index (χ0) is 18.1. The Labute approximate surface area is 157 Å². The van der Waals surface area contributed by atoms with Crippen LogP contribution in [0.2, 0.25) is 0 Å². The first-order valence-corrected chi connectivity index (χ1v) is 9.32. The standard InChI is InChI=1S/C22H21N3O2/c1-2-7-17(8-3-1)14-24-15-19(16-25-11-6-12-26-25)22(23-24)21-13-18-9-4-5-10-20(18)27-21/h1-5,7-10,13,15H,6,11-12,14,16H2. The van der Waals surface area contributed by atoms with Crippen LogP contribution in [-0.2, 0) is 17.9 Å². The number of hydrogen-bond donors (Lipinski definition) is 0. The summed E-state index contributed by atoms with van der Waals surface area (Å²) in [4.78, 5) is 5.70. The van der Waals surface area contributed by atoms with Gasteiger partial charge in [0, 0.05) is 23.7 Å². The third kappa shape index (κ3) is 3.39. The second-order valence-corrected chi connectivity index (χ2v) is 6.88. The maximum absolute atomic E-state index is 6.09. The maximum atomic E-state index is 6.09. The van der Waals surface area contributed by atoms with Crippen molar-refractivity contribution in [1.29, 1.82) is 0 Å². The molecule has 0 bridgehead atoms. The summed E-state index contributed by atoms with van der Waals surface area (Å²) in [6.07, 6.45) is 3.18. The van der Waals surface area contributed by atoms with Gasteiger partial charge in [-0.3, -0.25) is 9.52 Å². The van der Waals surface area contributed by atoms with Gasteiger partial charge in [-0.1, -0.05) is 48.5 Å². The Morgan fingerprint density at radius 2 is 1.81 bits per heavy atom. The minimum Gasteiger partial charge on any atom is -0.454 e. The zero-order valence-electron chi connectivity index (χ0n) is 15.0. The molecule has 0 saturated carbocycles. The molecule has 0 unspecified atom stereocenters. The Kier molecular flexibility index (Phi) is 4.24. The summed E-state index contributed by atoms with van der Waals surface area (Å²) in [7, 11) is 0. The number of nitrogens with zero attached hydrogens (tertiary/aromatic N) is 3. The molecule has 1 fully saturated rings. The summed E-state index contributed by atoms with van der Waals surface area (Å²) in [5.74, 6) is 0.803. The summed E-state index contributed by atoms with van der Waals surface area (Å²) in [6.45, 7) is 3.18. The van der Waals surface area contributed by atoms with Crippen LogP contribution in [0.1, 0.15) is 17.5 Å². The molecule has 27 heavy (non-hydrogen) atoms. The molecule has 5 rings (SSSR count). The summed E-state index contributed by atoms with van der Waals surface area (Å²) in [6, 6.07) is 20.5. The van der Waals surface area contributed by atoms with Crippen molar-refractivity contribution in [2.45, 2.75) is 19.5 Å². The van der Waals surface area contributed by atoms with Crippen LogP contribution in [0.4, 0.5) is 0 Å². The lowest BCUT2D eigenvalue weighted by molar-refractivity contribution is -0.117. The molecule has 136 valence electrons. The van der Waals surface area contributed by atoms with Crippen LogP contribution in [0.25, 0.3) is 22.4 Å². The first-order chi connectivity index (χ1) is 13.3. The van der Waals surface area contributed by atoms with Crippen molar-refractivity contribution in [2.75, 3.05) is 13.2 Å². The van der Waals surface area contributed by atoms with E-state index in [9.17, 15) is 0 Å². The smallest absolute Gasteiger partial charge is 0.156 e. The molecule has 2 aromatic carbocycles. The van der Waals surface area contributed by atoms with E-state index in [1.54, 1.807) is 0 Å². The van der Waals surface area contributed by atoms with Crippen molar-refractivity contribution < 1.29 is 9.25 Å². The lowest BCUT2D eigenvalue weighted by Crippen LogP contribution is -2.17. The predicted molar refractivity (Wildman–Crippen MR) is 104 cm³/mol. The first kappa shape index (κ1) is 16.3. The van der Waals surface area contributed by atoms with Crippen LogP contribution in [0.5, 0.6) is 0 Å². The molecule has 3 heterocycles. The molecular weight excluding hydrogens is 338 g/mol. The van der Waals surface area contributed by atoms with E-state index in [1.165, 1.54) is 5.56 Å². The summed E-state index contributed by atoms with van der Waals surface area (Å²) in [5.41, 5.74) is 4.11. The number of hydroxylamine groups is 2. The second kappa shape index (κ2) is 7.02. The van der Waals surface area contributed by atoms with Crippen LogP contribution < -0.4 is 0 Å². The Morgan fingerprint density at radius 3 is 2.63 bits per heavy atom.